The van der Waals surface area contributed by atoms with Gasteiger partial charge in [0.2, 0.25) is 0 Å². The molecule has 0 atom stereocenters. The zero-order valence-electron chi connectivity index (χ0n) is 15.4. The molecule has 2 heterocycles. The Kier molecular flexibility index (Phi) is 9.80. The standard InChI is InChI=1S/C17H28N4O3S.HI/c1-3-18-16(20-11-7-15-6-4-5-10-19-15)21-14-17(25(2,22)23)8-12-24-13-9-17;/h4-6,10H,3,7-9,11-14H2,1-2H3,(H2,18,20,21);1H. The van der Waals surface area contributed by atoms with Crippen molar-refractivity contribution in [2.45, 2.75) is 30.9 Å². The average molecular weight is 496 g/mol. The number of nitrogens with zero attached hydrogens (tertiary/aromatic N) is 2. The molecule has 0 radical (unpaired) electrons. The highest BCUT2D eigenvalue weighted by Gasteiger charge is 2.42. The largest absolute Gasteiger partial charge is 0.381 e. The van der Waals surface area contributed by atoms with Gasteiger partial charge in [-0.1, -0.05) is 6.07 Å². The summed E-state index contributed by atoms with van der Waals surface area (Å²) in [7, 11) is -3.21. The number of ether oxygens (including phenoxy) is 1. The number of sulfone groups is 1. The molecule has 148 valence electrons. The summed E-state index contributed by atoms with van der Waals surface area (Å²) in [5.41, 5.74) is 1.00. The van der Waals surface area contributed by atoms with Gasteiger partial charge in [-0.05, 0) is 31.9 Å². The van der Waals surface area contributed by atoms with Crippen molar-refractivity contribution in [3.63, 3.8) is 0 Å². The minimum Gasteiger partial charge on any atom is -0.381 e. The van der Waals surface area contributed by atoms with E-state index in [2.05, 4.69) is 20.6 Å². The molecule has 9 heteroatoms. The van der Waals surface area contributed by atoms with Crippen molar-refractivity contribution in [1.29, 1.82) is 0 Å². The smallest absolute Gasteiger partial charge is 0.191 e. The number of aromatic nitrogens is 1. The minimum absolute atomic E-state index is 0. The molecule has 0 saturated carbocycles. The summed E-state index contributed by atoms with van der Waals surface area (Å²) in [6, 6.07) is 5.83. The molecule has 0 aliphatic carbocycles. The van der Waals surface area contributed by atoms with Gasteiger partial charge in [-0.2, -0.15) is 0 Å². The van der Waals surface area contributed by atoms with Crippen LogP contribution in [0.3, 0.4) is 0 Å². The Balaban J connectivity index is 0.00000338. The summed E-state index contributed by atoms with van der Waals surface area (Å²) in [5, 5.41) is 6.42. The quantitative estimate of drug-likeness (QED) is 0.337. The lowest BCUT2D eigenvalue weighted by molar-refractivity contribution is 0.0768. The van der Waals surface area contributed by atoms with Crippen LogP contribution in [0.25, 0.3) is 0 Å². The molecule has 1 fully saturated rings. The van der Waals surface area contributed by atoms with Gasteiger partial charge >= 0.3 is 0 Å². The first-order valence-corrected chi connectivity index (χ1v) is 10.6. The van der Waals surface area contributed by atoms with E-state index in [1.807, 2.05) is 25.1 Å². The van der Waals surface area contributed by atoms with E-state index in [4.69, 9.17) is 4.74 Å². The van der Waals surface area contributed by atoms with Crippen molar-refractivity contribution in [2.75, 3.05) is 39.1 Å². The van der Waals surface area contributed by atoms with Crippen molar-refractivity contribution < 1.29 is 13.2 Å². The fourth-order valence-corrected chi connectivity index (χ4v) is 4.02. The molecule has 2 N–H and O–H groups in total. The summed E-state index contributed by atoms with van der Waals surface area (Å²) in [5.74, 6) is 0.632. The van der Waals surface area contributed by atoms with Crippen LogP contribution < -0.4 is 10.6 Å². The molecule has 26 heavy (non-hydrogen) atoms. The maximum Gasteiger partial charge on any atom is 0.191 e. The zero-order chi connectivity index (χ0) is 18.2. The Morgan fingerprint density at radius 2 is 2.04 bits per heavy atom. The second-order valence-electron chi connectivity index (χ2n) is 6.26. The Morgan fingerprint density at radius 3 is 2.62 bits per heavy atom. The van der Waals surface area contributed by atoms with E-state index in [1.54, 1.807) is 6.20 Å². The second-order valence-corrected chi connectivity index (χ2v) is 8.67. The fourth-order valence-electron chi connectivity index (χ4n) is 2.81. The molecule has 1 aromatic rings. The molecule has 1 saturated heterocycles. The van der Waals surface area contributed by atoms with Gasteiger partial charge in [0.25, 0.3) is 0 Å². The van der Waals surface area contributed by atoms with Crippen molar-refractivity contribution >= 4 is 39.8 Å². The summed E-state index contributed by atoms with van der Waals surface area (Å²) in [6.07, 6.45) is 4.83. The van der Waals surface area contributed by atoms with Gasteiger partial charge in [0, 0.05) is 50.9 Å². The van der Waals surface area contributed by atoms with E-state index < -0.39 is 14.6 Å². The number of hydrogen-bond acceptors (Lipinski definition) is 5. The van der Waals surface area contributed by atoms with E-state index in [0.717, 1.165) is 12.1 Å². The van der Waals surface area contributed by atoms with Crippen molar-refractivity contribution in [2.24, 2.45) is 4.99 Å². The second kappa shape index (κ2) is 11.0. The Labute approximate surface area is 173 Å². The summed E-state index contributed by atoms with van der Waals surface area (Å²) in [6.45, 7) is 4.55. The van der Waals surface area contributed by atoms with Crippen LogP contribution in [0.15, 0.2) is 29.4 Å². The van der Waals surface area contributed by atoms with Gasteiger partial charge in [-0.15, -0.1) is 24.0 Å². The van der Waals surface area contributed by atoms with Crippen molar-refractivity contribution in [3.05, 3.63) is 30.1 Å². The predicted molar refractivity (Wildman–Crippen MR) is 115 cm³/mol. The number of halogens is 1. The highest BCUT2D eigenvalue weighted by molar-refractivity contribution is 14.0. The number of aliphatic imine (C=N–C) groups is 1. The van der Waals surface area contributed by atoms with Crippen LogP contribution in [-0.4, -0.2) is 63.2 Å². The monoisotopic (exact) mass is 496 g/mol. The Morgan fingerprint density at radius 1 is 1.31 bits per heavy atom. The van der Waals surface area contributed by atoms with E-state index in [1.165, 1.54) is 6.26 Å². The molecule has 0 unspecified atom stereocenters. The normalized spacial score (nSPS) is 17.2. The Bertz CT molecular complexity index is 662. The maximum absolute atomic E-state index is 12.3. The third kappa shape index (κ3) is 6.66. The first kappa shape index (κ1) is 23.1. The predicted octanol–water partition coefficient (Wildman–Crippen LogP) is 1.39. The molecule has 1 aliphatic heterocycles. The summed E-state index contributed by atoms with van der Waals surface area (Å²) in [4.78, 5) is 8.84. The van der Waals surface area contributed by atoms with Crippen LogP contribution in [0.4, 0.5) is 0 Å². The van der Waals surface area contributed by atoms with E-state index in [-0.39, 0.29) is 30.5 Å². The van der Waals surface area contributed by atoms with Gasteiger partial charge in [0.1, 0.15) is 0 Å². The lowest BCUT2D eigenvalue weighted by atomic mass is 9.99. The average Bonchev–Trinajstić information content (AvgIpc) is 2.60. The first-order chi connectivity index (χ1) is 12.0. The zero-order valence-corrected chi connectivity index (χ0v) is 18.5. The van der Waals surface area contributed by atoms with Crippen LogP contribution in [-0.2, 0) is 21.0 Å². The summed E-state index contributed by atoms with van der Waals surface area (Å²) >= 11 is 0. The number of pyridine rings is 1. The molecule has 0 aromatic carbocycles. The SMILES string of the molecule is CCNC(=NCC1(S(C)(=O)=O)CCOCC1)NCCc1ccccn1.I. The van der Waals surface area contributed by atoms with Gasteiger partial charge in [0.05, 0.1) is 11.3 Å². The molecule has 0 spiro atoms. The van der Waals surface area contributed by atoms with Crippen LogP contribution in [0.5, 0.6) is 0 Å². The topological polar surface area (TPSA) is 92.7 Å². The van der Waals surface area contributed by atoms with E-state index in [9.17, 15) is 8.42 Å². The molecule has 7 nitrogen and oxygen atoms in total. The Hall–Kier alpha value is -0.940. The summed E-state index contributed by atoms with van der Waals surface area (Å²) < 4.78 is 29.1. The van der Waals surface area contributed by atoms with Crippen LogP contribution in [0.2, 0.25) is 0 Å². The lowest BCUT2D eigenvalue weighted by Crippen LogP contribution is -2.47. The molecular formula is C17H29IN4O3S. The number of guanidine groups is 1. The van der Waals surface area contributed by atoms with Gasteiger partial charge in [0.15, 0.2) is 15.8 Å². The molecule has 1 aromatic heterocycles. The molecule has 2 rings (SSSR count). The van der Waals surface area contributed by atoms with Gasteiger partial charge in [-0.3, -0.25) is 9.98 Å². The molecule has 0 bridgehead atoms. The van der Waals surface area contributed by atoms with E-state index in [0.29, 0.717) is 45.1 Å². The minimum atomic E-state index is -3.21. The molecule has 0 amide bonds. The highest BCUT2D eigenvalue weighted by Crippen LogP contribution is 2.29. The van der Waals surface area contributed by atoms with Crippen LogP contribution in [0, 0.1) is 0 Å². The number of hydrogen-bond donors (Lipinski definition) is 2. The van der Waals surface area contributed by atoms with Gasteiger partial charge < -0.3 is 15.4 Å². The maximum atomic E-state index is 12.3. The number of nitrogens with one attached hydrogen (secondary N) is 2. The first-order valence-electron chi connectivity index (χ1n) is 8.66. The van der Waals surface area contributed by atoms with Crippen molar-refractivity contribution in [3.8, 4) is 0 Å². The van der Waals surface area contributed by atoms with E-state index >= 15 is 0 Å². The molecule has 1 aliphatic rings. The third-order valence-corrected chi connectivity index (χ3v) is 6.57. The number of rotatable bonds is 7. The van der Waals surface area contributed by atoms with Crippen LogP contribution >= 0.6 is 24.0 Å². The van der Waals surface area contributed by atoms with Gasteiger partial charge in [-0.25, -0.2) is 8.42 Å². The highest BCUT2D eigenvalue weighted by atomic mass is 127. The third-order valence-electron chi connectivity index (χ3n) is 4.46. The fraction of sp³-hybridized carbons (Fsp3) is 0.647. The lowest BCUT2D eigenvalue weighted by Gasteiger charge is -2.34. The van der Waals surface area contributed by atoms with Crippen LogP contribution in [0.1, 0.15) is 25.5 Å². The van der Waals surface area contributed by atoms with Crippen molar-refractivity contribution in [1.82, 2.24) is 15.6 Å². The molecular weight excluding hydrogens is 467 g/mol.